The zero-order chi connectivity index (χ0) is 9.84. The third kappa shape index (κ3) is 2.43. The molecule has 0 bridgehead atoms. The van der Waals surface area contributed by atoms with E-state index in [0.717, 1.165) is 0 Å². The third-order valence-corrected chi connectivity index (χ3v) is 2.01. The lowest BCUT2D eigenvalue weighted by molar-refractivity contribution is 0.0704. The van der Waals surface area contributed by atoms with Crippen LogP contribution in [0.5, 0.6) is 0 Å². The molecular formula is C8H14N2O3. The van der Waals surface area contributed by atoms with Gasteiger partial charge in [-0.3, -0.25) is 0 Å². The molecule has 0 spiro atoms. The molecule has 0 aromatic rings. The Bertz CT molecular complexity index is 208. The molecule has 13 heavy (non-hydrogen) atoms. The van der Waals surface area contributed by atoms with E-state index >= 15 is 0 Å². The first kappa shape index (κ1) is 10.0. The Hall–Kier alpha value is -1.07. The maximum Gasteiger partial charge on any atom is 0.407 e. The number of ether oxygens (including phenoxy) is 1. The number of carbonyl (C=O) groups is 1. The predicted molar refractivity (Wildman–Crippen MR) is 47.5 cm³/mol. The summed E-state index contributed by atoms with van der Waals surface area (Å²) in [6.45, 7) is 4.61. The van der Waals surface area contributed by atoms with Gasteiger partial charge in [-0.2, -0.15) is 0 Å². The second kappa shape index (κ2) is 4.25. The van der Waals surface area contributed by atoms with E-state index in [1.54, 1.807) is 6.08 Å². The molecule has 1 amide bonds. The Morgan fingerprint density at radius 2 is 2.46 bits per heavy atom. The van der Waals surface area contributed by atoms with Gasteiger partial charge in [0.05, 0.1) is 25.3 Å². The number of likely N-dealkylation sites (tertiary alicyclic amines) is 1. The minimum Gasteiger partial charge on any atom is -0.465 e. The second-order valence-corrected chi connectivity index (χ2v) is 3.01. The van der Waals surface area contributed by atoms with Gasteiger partial charge in [0.25, 0.3) is 0 Å². The molecule has 1 heterocycles. The zero-order valence-corrected chi connectivity index (χ0v) is 7.35. The van der Waals surface area contributed by atoms with Crippen molar-refractivity contribution >= 4 is 6.09 Å². The average Bonchev–Trinajstić information content (AvgIpc) is 2.44. The second-order valence-electron chi connectivity index (χ2n) is 3.01. The van der Waals surface area contributed by atoms with E-state index in [1.165, 1.54) is 4.90 Å². The van der Waals surface area contributed by atoms with Crippen molar-refractivity contribution < 1.29 is 14.6 Å². The Balaban J connectivity index is 2.41. The van der Waals surface area contributed by atoms with Crippen LogP contribution in [0.1, 0.15) is 0 Å². The van der Waals surface area contributed by atoms with Crippen LogP contribution >= 0.6 is 0 Å². The van der Waals surface area contributed by atoms with Crippen LogP contribution in [0, 0.1) is 0 Å². The van der Waals surface area contributed by atoms with Gasteiger partial charge in [0.15, 0.2) is 0 Å². The molecule has 1 fully saturated rings. The standard InChI is InChI=1S/C8H14N2O3/c1-2-3-13-7-5-10(8(11)12)4-6(7)9/h2,6-7H,1,3-5,9H2,(H,11,12). The zero-order valence-electron chi connectivity index (χ0n) is 7.35. The van der Waals surface area contributed by atoms with Crippen molar-refractivity contribution in [2.75, 3.05) is 19.7 Å². The fraction of sp³-hybridized carbons (Fsp3) is 0.625. The fourth-order valence-electron chi connectivity index (χ4n) is 1.32. The van der Waals surface area contributed by atoms with E-state index in [9.17, 15) is 4.79 Å². The van der Waals surface area contributed by atoms with Gasteiger partial charge >= 0.3 is 6.09 Å². The first-order valence-electron chi connectivity index (χ1n) is 4.11. The van der Waals surface area contributed by atoms with E-state index in [1.807, 2.05) is 0 Å². The number of rotatable bonds is 3. The lowest BCUT2D eigenvalue weighted by Crippen LogP contribution is -2.35. The Morgan fingerprint density at radius 1 is 1.77 bits per heavy atom. The summed E-state index contributed by atoms with van der Waals surface area (Å²) in [5.41, 5.74) is 5.68. The number of nitrogens with zero attached hydrogens (tertiary/aromatic N) is 1. The smallest absolute Gasteiger partial charge is 0.407 e. The molecule has 0 radical (unpaired) electrons. The lowest BCUT2D eigenvalue weighted by atomic mass is 10.2. The van der Waals surface area contributed by atoms with E-state index in [-0.39, 0.29) is 12.1 Å². The van der Waals surface area contributed by atoms with Gasteiger partial charge in [0.2, 0.25) is 0 Å². The number of carboxylic acid groups (broad SMARTS) is 1. The Labute approximate surface area is 76.8 Å². The molecule has 5 heteroatoms. The molecule has 3 N–H and O–H groups in total. The van der Waals surface area contributed by atoms with E-state index < -0.39 is 6.09 Å². The van der Waals surface area contributed by atoms with Gasteiger partial charge in [-0.1, -0.05) is 6.08 Å². The van der Waals surface area contributed by atoms with Crippen molar-refractivity contribution in [3.63, 3.8) is 0 Å². The van der Waals surface area contributed by atoms with Crippen molar-refractivity contribution in [1.82, 2.24) is 4.90 Å². The maximum atomic E-state index is 10.6. The fourth-order valence-corrected chi connectivity index (χ4v) is 1.32. The number of hydrogen-bond donors (Lipinski definition) is 2. The average molecular weight is 186 g/mol. The molecule has 1 aliphatic rings. The molecule has 74 valence electrons. The van der Waals surface area contributed by atoms with Crippen LogP contribution in [-0.2, 0) is 4.74 Å². The number of nitrogens with two attached hydrogens (primary N) is 1. The molecule has 0 saturated carbocycles. The molecule has 1 aliphatic heterocycles. The highest BCUT2D eigenvalue weighted by Gasteiger charge is 2.33. The van der Waals surface area contributed by atoms with Crippen LogP contribution in [0.4, 0.5) is 4.79 Å². The molecule has 0 aromatic carbocycles. The Kier molecular flexibility index (Phi) is 3.27. The largest absolute Gasteiger partial charge is 0.465 e. The number of amides is 1. The summed E-state index contributed by atoms with van der Waals surface area (Å²) in [7, 11) is 0. The van der Waals surface area contributed by atoms with Gasteiger partial charge in [-0.05, 0) is 0 Å². The van der Waals surface area contributed by atoms with Crippen molar-refractivity contribution in [2.45, 2.75) is 12.1 Å². The van der Waals surface area contributed by atoms with Gasteiger partial charge in [0, 0.05) is 6.54 Å². The first-order valence-corrected chi connectivity index (χ1v) is 4.11. The Morgan fingerprint density at radius 3 is 2.92 bits per heavy atom. The van der Waals surface area contributed by atoms with Gasteiger partial charge < -0.3 is 20.5 Å². The first-order chi connectivity index (χ1) is 6.15. The van der Waals surface area contributed by atoms with Crippen LogP contribution in [-0.4, -0.2) is 47.9 Å². The van der Waals surface area contributed by atoms with Crippen molar-refractivity contribution in [2.24, 2.45) is 5.73 Å². The molecule has 2 atom stereocenters. The molecule has 1 rings (SSSR count). The summed E-state index contributed by atoms with van der Waals surface area (Å²) in [4.78, 5) is 11.8. The highest BCUT2D eigenvalue weighted by atomic mass is 16.5. The molecule has 1 saturated heterocycles. The van der Waals surface area contributed by atoms with Gasteiger partial charge in [-0.25, -0.2) is 4.79 Å². The van der Waals surface area contributed by atoms with Crippen LogP contribution in [0.2, 0.25) is 0 Å². The van der Waals surface area contributed by atoms with E-state index in [2.05, 4.69) is 6.58 Å². The summed E-state index contributed by atoms with van der Waals surface area (Å²) >= 11 is 0. The summed E-state index contributed by atoms with van der Waals surface area (Å²) in [6.07, 6.45) is 0.477. The third-order valence-electron chi connectivity index (χ3n) is 2.01. The van der Waals surface area contributed by atoms with Crippen molar-refractivity contribution in [3.05, 3.63) is 12.7 Å². The summed E-state index contributed by atoms with van der Waals surface area (Å²) in [6, 6.07) is -0.226. The molecule has 2 unspecified atom stereocenters. The lowest BCUT2D eigenvalue weighted by Gasteiger charge is -2.13. The normalized spacial score (nSPS) is 27.6. The monoisotopic (exact) mass is 186 g/mol. The summed E-state index contributed by atoms with van der Waals surface area (Å²) in [5.74, 6) is 0. The summed E-state index contributed by atoms with van der Waals surface area (Å²) in [5, 5.41) is 8.67. The van der Waals surface area contributed by atoms with E-state index in [0.29, 0.717) is 19.7 Å². The van der Waals surface area contributed by atoms with Gasteiger partial charge in [0.1, 0.15) is 0 Å². The van der Waals surface area contributed by atoms with E-state index in [4.69, 9.17) is 15.6 Å². The van der Waals surface area contributed by atoms with Crippen LogP contribution < -0.4 is 5.73 Å². The van der Waals surface area contributed by atoms with Crippen LogP contribution in [0.25, 0.3) is 0 Å². The van der Waals surface area contributed by atoms with Gasteiger partial charge in [-0.15, -0.1) is 6.58 Å². The predicted octanol–water partition coefficient (Wildman–Crippen LogP) is -0.121. The van der Waals surface area contributed by atoms with Crippen LogP contribution in [0.15, 0.2) is 12.7 Å². The SMILES string of the molecule is C=CCOC1CN(C(=O)O)CC1N. The molecule has 5 nitrogen and oxygen atoms in total. The molecule has 0 aliphatic carbocycles. The topological polar surface area (TPSA) is 75.8 Å². The van der Waals surface area contributed by atoms with Crippen molar-refractivity contribution in [3.8, 4) is 0 Å². The highest BCUT2D eigenvalue weighted by molar-refractivity contribution is 5.65. The highest BCUT2D eigenvalue weighted by Crippen LogP contribution is 2.11. The minimum atomic E-state index is -0.944. The van der Waals surface area contributed by atoms with Crippen LogP contribution in [0.3, 0.4) is 0 Å². The molecular weight excluding hydrogens is 172 g/mol. The number of hydrogen-bond acceptors (Lipinski definition) is 3. The maximum absolute atomic E-state index is 10.6. The molecule has 0 aromatic heterocycles. The quantitative estimate of drug-likeness (QED) is 0.602. The minimum absolute atomic E-state index is 0.200. The van der Waals surface area contributed by atoms with Crippen molar-refractivity contribution in [1.29, 1.82) is 0 Å². The summed E-state index contributed by atoms with van der Waals surface area (Å²) < 4.78 is 5.30.